The van der Waals surface area contributed by atoms with E-state index >= 15 is 0 Å². The molecular weight excluding hydrogens is 308 g/mol. The molecule has 1 aromatic carbocycles. The summed E-state index contributed by atoms with van der Waals surface area (Å²) in [7, 11) is 0. The summed E-state index contributed by atoms with van der Waals surface area (Å²) in [6.07, 6.45) is -0.744. The highest BCUT2D eigenvalue weighted by atomic mass is 35.5. The van der Waals surface area contributed by atoms with Gasteiger partial charge in [-0.2, -0.15) is 5.26 Å². The van der Waals surface area contributed by atoms with Gasteiger partial charge in [-0.1, -0.05) is 11.6 Å². The van der Waals surface area contributed by atoms with Crippen LogP contribution in [0.15, 0.2) is 6.07 Å². The van der Waals surface area contributed by atoms with E-state index in [2.05, 4.69) is 20.5 Å². The number of anilines is 2. The number of ether oxygens (including phenoxy) is 1. The second-order valence-corrected chi connectivity index (χ2v) is 5.79. The third kappa shape index (κ3) is 3.32. The Bertz CT molecular complexity index is 794. The molecule has 0 fully saturated rings. The molecule has 0 saturated heterocycles. The molecule has 0 bridgehead atoms. The van der Waals surface area contributed by atoms with E-state index in [1.165, 1.54) is 6.07 Å². The molecule has 0 radical (unpaired) electrons. The Balaban J connectivity index is 2.55. The Morgan fingerprint density at radius 2 is 2.14 bits per heavy atom. The average molecular weight is 321 g/mol. The zero-order valence-corrected chi connectivity index (χ0v) is 12.9. The van der Waals surface area contributed by atoms with Crippen LogP contribution in [-0.4, -0.2) is 26.9 Å². The maximum Gasteiger partial charge on any atom is 0.412 e. The lowest BCUT2D eigenvalue weighted by Gasteiger charge is -2.20. The topological polar surface area (TPSA) is 127 Å². The van der Waals surface area contributed by atoms with Crippen molar-refractivity contribution in [3.63, 3.8) is 0 Å². The summed E-state index contributed by atoms with van der Waals surface area (Å²) in [5.41, 5.74) is 5.41. The van der Waals surface area contributed by atoms with Gasteiger partial charge in [-0.25, -0.2) is 9.78 Å². The number of halogens is 1. The standard InChI is InChI=1S/C13H13ClN6O2/c1-13(2,3)22-12(21)18-9-6(5-15)7(14)4-8-10(9)19-20-11(16)17-8/h4H,1-3H3,(H,18,21)(H2,16,17,20). The highest BCUT2D eigenvalue weighted by molar-refractivity contribution is 6.33. The Kier molecular flexibility index (Phi) is 4.01. The molecule has 8 nitrogen and oxygen atoms in total. The summed E-state index contributed by atoms with van der Waals surface area (Å²) in [5, 5.41) is 19.3. The molecule has 0 atom stereocenters. The van der Waals surface area contributed by atoms with E-state index in [0.717, 1.165) is 0 Å². The number of nitriles is 1. The fourth-order valence-electron chi connectivity index (χ4n) is 1.70. The number of hydrogen-bond donors (Lipinski definition) is 2. The molecule has 22 heavy (non-hydrogen) atoms. The van der Waals surface area contributed by atoms with Gasteiger partial charge in [0.15, 0.2) is 0 Å². The maximum atomic E-state index is 11.9. The van der Waals surface area contributed by atoms with E-state index in [1.54, 1.807) is 20.8 Å². The smallest absolute Gasteiger partial charge is 0.412 e. The van der Waals surface area contributed by atoms with Gasteiger partial charge >= 0.3 is 6.09 Å². The van der Waals surface area contributed by atoms with Gasteiger partial charge < -0.3 is 10.5 Å². The fraction of sp³-hybridized carbons (Fsp3) is 0.308. The van der Waals surface area contributed by atoms with Gasteiger partial charge in [0.1, 0.15) is 17.2 Å². The molecule has 0 saturated carbocycles. The normalized spacial score (nSPS) is 11.0. The summed E-state index contributed by atoms with van der Waals surface area (Å²) in [5.74, 6) is -0.0449. The summed E-state index contributed by atoms with van der Waals surface area (Å²) < 4.78 is 5.16. The van der Waals surface area contributed by atoms with Gasteiger partial charge in [-0.05, 0) is 26.8 Å². The number of aromatic nitrogens is 3. The van der Waals surface area contributed by atoms with Gasteiger partial charge in [0.05, 0.1) is 21.8 Å². The van der Waals surface area contributed by atoms with Crippen LogP contribution >= 0.6 is 11.6 Å². The number of hydrogen-bond acceptors (Lipinski definition) is 7. The average Bonchev–Trinajstić information content (AvgIpc) is 2.35. The third-order valence-electron chi connectivity index (χ3n) is 2.46. The highest BCUT2D eigenvalue weighted by Gasteiger charge is 2.21. The Hall–Kier alpha value is -2.66. The van der Waals surface area contributed by atoms with Crippen molar-refractivity contribution in [2.24, 2.45) is 0 Å². The van der Waals surface area contributed by atoms with Crippen LogP contribution in [0.3, 0.4) is 0 Å². The monoisotopic (exact) mass is 320 g/mol. The van der Waals surface area contributed by atoms with E-state index in [9.17, 15) is 10.1 Å². The van der Waals surface area contributed by atoms with Crippen LogP contribution in [0.4, 0.5) is 16.4 Å². The van der Waals surface area contributed by atoms with E-state index in [-0.39, 0.29) is 27.7 Å². The van der Waals surface area contributed by atoms with Gasteiger partial charge in [0.2, 0.25) is 5.95 Å². The number of nitrogen functional groups attached to an aromatic ring is 1. The zero-order valence-electron chi connectivity index (χ0n) is 12.1. The first-order valence-corrected chi connectivity index (χ1v) is 6.61. The van der Waals surface area contributed by atoms with Crippen LogP contribution in [0, 0.1) is 11.3 Å². The van der Waals surface area contributed by atoms with Crippen molar-refractivity contribution in [3.8, 4) is 6.07 Å². The van der Waals surface area contributed by atoms with Gasteiger partial charge in [-0.15, -0.1) is 10.2 Å². The van der Waals surface area contributed by atoms with E-state index in [1.807, 2.05) is 6.07 Å². The molecule has 1 amide bonds. The van der Waals surface area contributed by atoms with E-state index in [4.69, 9.17) is 22.1 Å². The molecule has 0 aliphatic carbocycles. The first-order chi connectivity index (χ1) is 10.2. The lowest BCUT2D eigenvalue weighted by atomic mass is 10.1. The molecule has 0 unspecified atom stereocenters. The highest BCUT2D eigenvalue weighted by Crippen LogP contribution is 2.31. The summed E-state index contributed by atoms with van der Waals surface area (Å²) in [6.45, 7) is 5.15. The van der Waals surface area contributed by atoms with Crippen LogP contribution in [0.5, 0.6) is 0 Å². The number of carbonyl (C=O) groups excluding carboxylic acids is 1. The lowest BCUT2D eigenvalue weighted by Crippen LogP contribution is -2.27. The first-order valence-electron chi connectivity index (χ1n) is 6.24. The SMILES string of the molecule is CC(C)(C)OC(=O)Nc1c(C#N)c(Cl)cc2nc(N)nnc12. The largest absolute Gasteiger partial charge is 0.444 e. The molecule has 0 spiro atoms. The number of benzene rings is 1. The molecule has 0 aliphatic rings. The van der Waals surface area contributed by atoms with Crippen LogP contribution in [0.1, 0.15) is 26.3 Å². The Labute approximate surface area is 131 Å². The second kappa shape index (κ2) is 5.61. The van der Waals surface area contributed by atoms with Gasteiger partial charge in [-0.3, -0.25) is 5.32 Å². The summed E-state index contributed by atoms with van der Waals surface area (Å²) in [6, 6.07) is 3.34. The predicted octanol–water partition coefficient (Wildman–Crippen LogP) is 2.48. The Morgan fingerprint density at radius 1 is 1.45 bits per heavy atom. The quantitative estimate of drug-likeness (QED) is 0.826. The molecule has 2 aromatic rings. The van der Waals surface area contributed by atoms with E-state index in [0.29, 0.717) is 5.52 Å². The minimum Gasteiger partial charge on any atom is -0.444 e. The number of fused-ring (bicyclic) bond motifs is 1. The number of nitrogens with two attached hydrogens (primary N) is 1. The van der Waals surface area contributed by atoms with Crippen LogP contribution in [-0.2, 0) is 4.74 Å². The zero-order chi connectivity index (χ0) is 16.5. The third-order valence-corrected chi connectivity index (χ3v) is 2.75. The molecule has 0 aliphatic heterocycles. The number of amides is 1. The molecular formula is C13H13ClN6O2. The number of carbonyl (C=O) groups is 1. The van der Waals surface area contributed by atoms with Crippen molar-refractivity contribution in [3.05, 3.63) is 16.7 Å². The Morgan fingerprint density at radius 3 is 2.73 bits per heavy atom. The van der Waals surface area contributed by atoms with Crippen molar-refractivity contribution >= 4 is 40.4 Å². The number of nitrogens with one attached hydrogen (secondary N) is 1. The van der Waals surface area contributed by atoms with Crippen molar-refractivity contribution in [1.29, 1.82) is 5.26 Å². The maximum absolute atomic E-state index is 11.9. The molecule has 2 rings (SSSR count). The van der Waals surface area contributed by atoms with Gasteiger partial charge in [0, 0.05) is 0 Å². The summed E-state index contributed by atoms with van der Waals surface area (Å²) in [4.78, 5) is 15.9. The van der Waals surface area contributed by atoms with Crippen LogP contribution in [0.2, 0.25) is 5.02 Å². The lowest BCUT2D eigenvalue weighted by molar-refractivity contribution is 0.0636. The minimum atomic E-state index is -0.744. The molecule has 3 N–H and O–H groups in total. The van der Waals surface area contributed by atoms with Crippen molar-refractivity contribution < 1.29 is 9.53 Å². The van der Waals surface area contributed by atoms with Crippen LogP contribution < -0.4 is 11.1 Å². The molecule has 1 aromatic heterocycles. The first kappa shape index (κ1) is 15.7. The second-order valence-electron chi connectivity index (χ2n) is 5.38. The number of rotatable bonds is 1. The summed E-state index contributed by atoms with van der Waals surface area (Å²) >= 11 is 6.03. The molecule has 9 heteroatoms. The van der Waals surface area contributed by atoms with Crippen molar-refractivity contribution in [1.82, 2.24) is 15.2 Å². The number of nitrogens with zero attached hydrogens (tertiary/aromatic N) is 4. The molecule has 114 valence electrons. The fourth-order valence-corrected chi connectivity index (χ4v) is 1.94. The van der Waals surface area contributed by atoms with Crippen molar-refractivity contribution in [2.45, 2.75) is 26.4 Å². The van der Waals surface area contributed by atoms with E-state index < -0.39 is 11.7 Å². The van der Waals surface area contributed by atoms with Gasteiger partial charge in [0.25, 0.3) is 0 Å². The van der Waals surface area contributed by atoms with Crippen molar-refractivity contribution in [2.75, 3.05) is 11.1 Å². The minimum absolute atomic E-state index is 0.0425. The molecule has 1 heterocycles. The van der Waals surface area contributed by atoms with Crippen LogP contribution in [0.25, 0.3) is 11.0 Å². The predicted molar refractivity (Wildman–Crippen MR) is 81.3 cm³/mol.